The molecule has 0 aliphatic heterocycles. The van der Waals surface area contributed by atoms with Gasteiger partial charge in [-0.3, -0.25) is 0 Å². The Hall–Kier alpha value is -4.44. The predicted molar refractivity (Wildman–Crippen MR) is 264 cm³/mol. The monoisotopic (exact) mass is 944 g/mol. The Morgan fingerprint density at radius 3 is 1.35 bits per heavy atom. The average Bonchev–Trinajstić information content (AvgIpc) is 4.11. The molecule has 6 heteroatoms. The molecule has 310 valence electrons. The van der Waals surface area contributed by atoms with Crippen molar-refractivity contribution in [2.75, 3.05) is 0 Å². The van der Waals surface area contributed by atoms with Gasteiger partial charge in [-0.2, -0.15) is 0 Å². The van der Waals surface area contributed by atoms with E-state index in [1.165, 1.54) is 66.8 Å². The Labute approximate surface area is 374 Å². The molecule has 10 rings (SSSR count). The molecule has 2 heterocycles. The molecule has 2 unspecified atom stereocenters. The molecule has 2 aliphatic carbocycles. The van der Waals surface area contributed by atoms with E-state index in [9.17, 15) is 17.0 Å². The number of furan rings is 2. The van der Waals surface area contributed by atoms with Crippen LogP contribution in [-0.2, 0) is 40.7 Å². The van der Waals surface area contributed by atoms with Crippen LogP contribution in [0.5, 0.6) is 0 Å². The number of allylic oxidation sites excluding steroid dienone is 2. The molecule has 0 radical (unpaired) electrons. The van der Waals surface area contributed by atoms with Crippen molar-refractivity contribution >= 4 is 67.3 Å². The van der Waals surface area contributed by atoms with E-state index in [2.05, 4.69) is 174 Å². The van der Waals surface area contributed by atoms with Crippen molar-refractivity contribution in [3.05, 3.63) is 190 Å². The Morgan fingerprint density at radius 1 is 0.516 bits per heavy atom. The molecule has 0 spiro atoms. The Bertz CT molecular complexity index is 3030. The molecular formula is C56H52Cl2O2SiZr. The maximum absolute atomic E-state index is 9.22. The zero-order chi connectivity index (χ0) is 42.9. The van der Waals surface area contributed by atoms with E-state index >= 15 is 0 Å². The number of fused-ring (bicyclic) bond motifs is 4. The van der Waals surface area contributed by atoms with Gasteiger partial charge >= 0.3 is 377 Å². The SMILES string of the molecule is CCc1cccc(-c2c(CC)ccc3c2C=C(c2occ4ccccc24)[CH]3[Zr]([Cl])([Cl])([CH]2C(c3occ4ccccc34)=Cc3c2ccc(CC)c3-c2cccc(CC)c2)=[Si](C)C)c1. The summed E-state index contributed by atoms with van der Waals surface area (Å²) in [6, 6.07) is 44.6. The van der Waals surface area contributed by atoms with Crippen LogP contribution in [0.1, 0.15) is 91.0 Å². The van der Waals surface area contributed by atoms with Gasteiger partial charge in [-0.15, -0.1) is 0 Å². The van der Waals surface area contributed by atoms with Crippen molar-refractivity contribution in [2.45, 2.75) is 73.7 Å². The molecule has 0 saturated carbocycles. The zero-order valence-corrected chi connectivity index (χ0v) is 41.4. The first-order chi connectivity index (χ1) is 30.1. The number of halogens is 2. The fourth-order valence-corrected chi connectivity index (χ4v) is 38.5. The number of benzene rings is 6. The minimum atomic E-state index is -5.57. The van der Waals surface area contributed by atoms with Crippen LogP contribution in [0, 0.1) is 0 Å². The average molecular weight is 947 g/mol. The Morgan fingerprint density at radius 2 is 0.952 bits per heavy atom. The summed E-state index contributed by atoms with van der Waals surface area (Å²) in [5.41, 5.74) is 15.8. The molecule has 0 bridgehead atoms. The van der Waals surface area contributed by atoms with E-state index in [-0.39, 0.29) is 7.25 Å². The normalized spacial score (nSPS) is 16.1. The van der Waals surface area contributed by atoms with E-state index in [0.29, 0.717) is 0 Å². The molecule has 8 aromatic rings. The summed E-state index contributed by atoms with van der Waals surface area (Å²) >= 11 is -5.57. The van der Waals surface area contributed by atoms with Crippen molar-refractivity contribution in [1.82, 2.24) is 0 Å². The Kier molecular flexibility index (Phi) is 10.7. The summed E-state index contributed by atoms with van der Waals surface area (Å²) in [6.45, 7) is 13.8. The van der Waals surface area contributed by atoms with E-state index < -0.39 is 20.4 Å². The van der Waals surface area contributed by atoms with Gasteiger partial charge in [0, 0.05) is 0 Å². The maximum atomic E-state index is 9.22. The van der Waals surface area contributed by atoms with Gasteiger partial charge in [-0.25, -0.2) is 0 Å². The molecule has 0 amide bonds. The van der Waals surface area contributed by atoms with Crippen LogP contribution in [-0.4, -0.2) is 5.43 Å². The second kappa shape index (κ2) is 16.0. The quantitative estimate of drug-likeness (QED) is 0.128. The summed E-state index contributed by atoms with van der Waals surface area (Å²) in [4.78, 5) is 0. The molecular weight excluding hydrogens is 895 g/mol. The van der Waals surface area contributed by atoms with Gasteiger partial charge < -0.3 is 0 Å². The van der Waals surface area contributed by atoms with Crippen LogP contribution in [0.3, 0.4) is 0 Å². The topological polar surface area (TPSA) is 26.3 Å². The van der Waals surface area contributed by atoms with Gasteiger partial charge in [0.15, 0.2) is 0 Å². The standard InChI is InChI=1S/2C27H23O.C2H6Si.2ClH.Zr/c2*1-3-18-8-7-10-21(14-18)26-19(4-2)12-13-20-15-23(16-25(20)26)27-24-11-6-5-9-22(24)17-28-27;1-3-2;;;/h2*5-17H,3-4H2,1-2H3;1-2H3;2*1H;/q;;;;;+2/p-2. The molecule has 62 heavy (non-hydrogen) atoms. The number of hydrogen-bond acceptors (Lipinski definition) is 2. The van der Waals surface area contributed by atoms with Gasteiger partial charge in [0.05, 0.1) is 0 Å². The van der Waals surface area contributed by atoms with Crippen LogP contribution >= 0.6 is 17.0 Å². The second-order valence-electron chi connectivity index (χ2n) is 17.5. The summed E-state index contributed by atoms with van der Waals surface area (Å²) in [7, 11) is 18.4. The molecule has 0 fully saturated rings. The van der Waals surface area contributed by atoms with Crippen molar-refractivity contribution in [2.24, 2.45) is 0 Å². The van der Waals surface area contributed by atoms with Crippen molar-refractivity contribution < 1.29 is 23.8 Å². The van der Waals surface area contributed by atoms with Gasteiger partial charge in [0.25, 0.3) is 0 Å². The first-order valence-corrected chi connectivity index (χ1v) is 37.7. The minimum absolute atomic E-state index is 0.273. The number of rotatable bonds is 10. The van der Waals surface area contributed by atoms with Gasteiger partial charge in [0.1, 0.15) is 0 Å². The van der Waals surface area contributed by atoms with Gasteiger partial charge in [-0.1, -0.05) is 0 Å². The molecule has 2 aromatic heterocycles. The summed E-state index contributed by atoms with van der Waals surface area (Å²) in [5, 5.41) is 4.30. The fraction of sp³-hybridized carbons (Fsp3) is 0.214. The van der Waals surface area contributed by atoms with Crippen LogP contribution < -0.4 is 0 Å². The molecule has 2 atom stereocenters. The molecule has 6 aromatic carbocycles. The third kappa shape index (κ3) is 6.34. The van der Waals surface area contributed by atoms with Gasteiger partial charge in [-0.05, 0) is 0 Å². The van der Waals surface area contributed by atoms with Crippen LogP contribution in [0.4, 0.5) is 0 Å². The number of hydrogen-bond donors (Lipinski definition) is 0. The van der Waals surface area contributed by atoms with Crippen molar-refractivity contribution in [1.29, 1.82) is 0 Å². The first kappa shape index (κ1) is 41.6. The zero-order valence-electron chi connectivity index (χ0n) is 36.4. The van der Waals surface area contributed by atoms with E-state index in [1.54, 1.807) is 0 Å². The third-order valence-corrected chi connectivity index (χ3v) is 60.4. The van der Waals surface area contributed by atoms with Crippen molar-refractivity contribution in [3.63, 3.8) is 0 Å². The van der Waals surface area contributed by atoms with Crippen LogP contribution in [0.2, 0.25) is 13.1 Å². The first-order valence-electron chi connectivity index (χ1n) is 22.3. The van der Waals surface area contributed by atoms with Gasteiger partial charge in [0.2, 0.25) is 0 Å². The number of aryl methyl sites for hydroxylation is 4. The third-order valence-electron chi connectivity index (χ3n) is 14.1. The summed E-state index contributed by atoms with van der Waals surface area (Å²) < 4.78 is 13.0. The van der Waals surface area contributed by atoms with Crippen molar-refractivity contribution in [3.8, 4) is 22.3 Å². The molecule has 0 saturated heterocycles. The van der Waals surface area contributed by atoms with Crippen LogP contribution in [0.25, 0.3) is 67.1 Å². The second-order valence-corrected chi connectivity index (χ2v) is 56.3. The molecule has 0 N–H and O–H groups in total. The van der Waals surface area contributed by atoms with E-state index in [1.807, 2.05) is 12.5 Å². The predicted octanol–water partition coefficient (Wildman–Crippen LogP) is 16.9. The fourth-order valence-electron chi connectivity index (χ4n) is 10.9. The van der Waals surface area contributed by atoms with E-state index in [4.69, 9.17) is 8.83 Å². The molecule has 2 nitrogen and oxygen atoms in total. The molecule has 2 aliphatic rings. The summed E-state index contributed by atoms with van der Waals surface area (Å²) in [6.07, 6.45) is 12.4. The van der Waals surface area contributed by atoms with E-state index in [0.717, 1.165) is 69.9 Å². The van der Waals surface area contributed by atoms with Crippen LogP contribution in [0.15, 0.2) is 143 Å². The Balaban J connectivity index is 1.32. The summed E-state index contributed by atoms with van der Waals surface area (Å²) in [5.74, 6) is 1.73.